The van der Waals surface area contributed by atoms with Crippen molar-refractivity contribution in [3.05, 3.63) is 150 Å². The molecule has 4 fully saturated rings. The Bertz CT molecular complexity index is 2570. The van der Waals surface area contributed by atoms with E-state index in [-0.39, 0.29) is 26.4 Å². The second-order valence-electron chi connectivity index (χ2n) is 18.5. The number of hydrogen-bond acceptors (Lipinski definition) is 11. The third-order valence-corrected chi connectivity index (χ3v) is 13.0. The monoisotopic (exact) mass is 877 g/mol. The molecule has 11 heteroatoms. The highest BCUT2D eigenvalue weighted by molar-refractivity contribution is 6.03. The fourth-order valence-electron chi connectivity index (χ4n) is 10.2. The van der Waals surface area contributed by atoms with Gasteiger partial charge in [-0.25, -0.2) is 0 Å². The maximum atomic E-state index is 6.69. The molecule has 0 radical (unpaired) electrons. The summed E-state index contributed by atoms with van der Waals surface area (Å²) < 4.78 is 64.3. The molecule has 0 aromatic heterocycles. The van der Waals surface area contributed by atoms with Crippen LogP contribution in [0.15, 0.2) is 127 Å². The van der Waals surface area contributed by atoms with Crippen LogP contribution in [0.2, 0.25) is 0 Å². The van der Waals surface area contributed by atoms with Crippen molar-refractivity contribution >= 4 is 48.8 Å². The van der Waals surface area contributed by atoms with Crippen molar-refractivity contribution in [1.82, 2.24) is 0 Å². The van der Waals surface area contributed by atoms with Gasteiger partial charge in [0.2, 0.25) is 0 Å². The molecule has 0 unspecified atom stereocenters. The van der Waals surface area contributed by atoms with Gasteiger partial charge in [-0.15, -0.1) is 0 Å². The van der Waals surface area contributed by atoms with Crippen molar-refractivity contribution in [2.24, 2.45) is 0 Å². The van der Waals surface area contributed by atoms with E-state index in [0.29, 0.717) is 18.9 Å². The molecule has 4 aliphatic rings. The van der Waals surface area contributed by atoms with Crippen LogP contribution in [0.1, 0.15) is 49.9 Å². The summed E-state index contributed by atoms with van der Waals surface area (Å²) in [6, 6.07) is 44.0. The first-order chi connectivity index (χ1) is 31.5. The van der Waals surface area contributed by atoms with E-state index in [9.17, 15) is 0 Å². The predicted molar refractivity (Wildman–Crippen MR) is 248 cm³/mol. The molecular weight excluding hydrogens is 823 g/mol. The van der Waals surface area contributed by atoms with Gasteiger partial charge in [-0.3, -0.25) is 0 Å². The lowest BCUT2D eigenvalue weighted by atomic mass is 9.97. The molecule has 0 bridgehead atoms. The Balaban J connectivity index is 0.767. The zero-order valence-electron chi connectivity index (χ0n) is 37.1. The minimum atomic E-state index is -0.814. The highest BCUT2D eigenvalue weighted by Gasteiger charge is 2.56. The van der Waals surface area contributed by atoms with Gasteiger partial charge in [0, 0.05) is 5.69 Å². The number of benzene rings is 7. The molecule has 4 heterocycles. The molecule has 7 aromatic carbocycles. The standard InChI is InChI=1S/C54H55NO10/c1-53(2)62-49-47(45(60-51(49)64-53)30-56-28-43-39-17-9-5-13-34(39)24-35-14-6-10-18-40(35)43)58-26-32-21-33(23-38(55)22-32)27-59-48-46(61-52-50(48)63-54(3,4)65-52)31-57-29-44-41-19-11-7-15-36(41)25-37-16-8-12-20-42(37)44/h5-25,45-52H,26-31,55H2,1-4H3/t45-,46-,47+,48+,49-,50-,51-,52-/m1/s1. The van der Waals surface area contributed by atoms with Crippen molar-refractivity contribution in [2.75, 3.05) is 18.9 Å². The number of anilines is 1. The lowest BCUT2D eigenvalue weighted by molar-refractivity contribution is -0.225. The Labute approximate surface area is 378 Å². The zero-order valence-corrected chi connectivity index (χ0v) is 37.1. The van der Waals surface area contributed by atoms with Crippen LogP contribution < -0.4 is 5.73 Å². The van der Waals surface area contributed by atoms with Crippen molar-refractivity contribution in [2.45, 2.75) is 115 Å². The summed E-state index contributed by atoms with van der Waals surface area (Å²) in [6.45, 7) is 9.45. The molecular formula is C54H55NO10. The van der Waals surface area contributed by atoms with Crippen LogP contribution >= 0.6 is 0 Å². The molecule has 336 valence electrons. The van der Waals surface area contributed by atoms with E-state index in [4.69, 9.17) is 53.1 Å². The number of ether oxygens (including phenoxy) is 10. The van der Waals surface area contributed by atoms with Crippen molar-refractivity contribution in [3.8, 4) is 0 Å². The molecule has 11 nitrogen and oxygen atoms in total. The molecule has 0 spiro atoms. The second kappa shape index (κ2) is 17.3. The van der Waals surface area contributed by atoms with E-state index in [1.807, 2.05) is 39.8 Å². The van der Waals surface area contributed by atoms with Crippen LogP contribution in [0.3, 0.4) is 0 Å². The smallest absolute Gasteiger partial charge is 0.190 e. The number of nitrogens with two attached hydrogens (primary N) is 1. The normalized spacial score (nSPS) is 26.7. The maximum Gasteiger partial charge on any atom is 0.190 e. The second-order valence-corrected chi connectivity index (χ2v) is 18.5. The van der Waals surface area contributed by atoms with Crippen molar-refractivity contribution in [1.29, 1.82) is 0 Å². The topological polar surface area (TPSA) is 118 Å². The van der Waals surface area contributed by atoms with E-state index >= 15 is 0 Å². The van der Waals surface area contributed by atoms with E-state index in [1.54, 1.807) is 0 Å². The summed E-state index contributed by atoms with van der Waals surface area (Å²) in [5, 5.41) is 9.37. The van der Waals surface area contributed by atoms with Gasteiger partial charge in [0.15, 0.2) is 24.2 Å². The average Bonchev–Trinajstić information content (AvgIpc) is 3.97. The molecule has 4 aliphatic heterocycles. The van der Waals surface area contributed by atoms with Gasteiger partial charge in [0.05, 0.1) is 39.6 Å². The number of nitrogen functional groups attached to an aromatic ring is 1. The lowest BCUT2D eigenvalue weighted by Gasteiger charge is -2.26. The Morgan fingerprint density at radius 1 is 0.462 bits per heavy atom. The maximum absolute atomic E-state index is 6.69. The quantitative estimate of drug-likeness (QED) is 0.0831. The van der Waals surface area contributed by atoms with Gasteiger partial charge >= 0.3 is 0 Å². The van der Waals surface area contributed by atoms with Gasteiger partial charge in [0.25, 0.3) is 0 Å². The predicted octanol–water partition coefficient (Wildman–Crippen LogP) is 9.84. The Morgan fingerprint density at radius 3 is 1.22 bits per heavy atom. The molecule has 0 saturated carbocycles. The third kappa shape index (κ3) is 8.63. The minimum Gasteiger partial charge on any atom is -0.399 e. The molecule has 11 rings (SSSR count). The molecule has 65 heavy (non-hydrogen) atoms. The molecule has 7 aromatic rings. The summed E-state index contributed by atoms with van der Waals surface area (Å²) in [6.07, 6.45) is -3.83. The van der Waals surface area contributed by atoms with Crippen LogP contribution in [0.25, 0.3) is 43.1 Å². The highest BCUT2D eigenvalue weighted by atomic mass is 16.9. The zero-order chi connectivity index (χ0) is 44.3. The summed E-state index contributed by atoms with van der Waals surface area (Å²) in [4.78, 5) is 0. The van der Waals surface area contributed by atoms with Crippen LogP contribution in [-0.4, -0.2) is 74.0 Å². The van der Waals surface area contributed by atoms with Gasteiger partial charge in [-0.2, -0.15) is 0 Å². The van der Waals surface area contributed by atoms with Gasteiger partial charge in [0.1, 0.15) is 36.6 Å². The first-order valence-electron chi connectivity index (χ1n) is 22.6. The minimum absolute atomic E-state index is 0.255. The highest BCUT2D eigenvalue weighted by Crippen LogP contribution is 2.41. The number of rotatable bonds is 14. The van der Waals surface area contributed by atoms with E-state index in [1.165, 1.54) is 43.1 Å². The summed E-state index contributed by atoms with van der Waals surface area (Å²) in [5.74, 6) is -1.63. The van der Waals surface area contributed by atoms with Gasteiger partial charge in [-0.1, -0.05) is 103 Å². The summed E-state index contributed by atoms with van der Waals surface area (Å²) in [5.41, 5.74) is 11.2. The SMILES string of the molecule is CC1(C)O[C@H]2O[C@H](COCc3c4ccccc4cc4ccccc34)[C@H](OCc3cc(N)cc(CO[C@@H]4[C@H]5OC(C)(C)O[C@H]5O[C@@H]4COCc4c5ccccc5cc5ccccc45)c3)[C@H]2O1. The summed E-state index contributed by atoms with van der Waals surface area (Å²) >= 11 is 0. The number of fused-ring (bicyclic) bond motifs is 6. The fourth-order valence-corrected chi connectivity index (χ4v) is 10.2. The average molecular weight is 878 g/mol. The Kier molecular flexibility index (Phi) is 11.4. The Morgan fingerprint density at radius 2 is 0.831 bits per heavy atom. The molecule has 0 amide bonds. The molecule has 4 saturated heterocycles. The van der Waals surface area contributed by atoms with Crippen LogP contribution in [0, 0.1) is 0 Å². The van der Waals surface area contributed by atoms with Gasteiger partial charge < -0.3 is 53.1 Å². The Hall–Kier alpha value is -5.02. The van der Waals surface area contributed by atoms with Crippen LogP contribution in [0.5, 0.6) is 0 Å². The van der Waals surface area contributed by atoms with Gasteiger partial charge in [-0.05, 0) is 117 Å². The first-order valence-corrected chi connectivity index (χ1v) is 22.6. The first kappa shape index (κ1) is 42.6. The third-order valence-electron chi connectivity index (χ3n) is 13.0. The largest absolute Gasteiger partial charge is 0.399 e. The van der Waals surface area contributed by atoms with Crippen molar-refractivity contribution < 1.29 is 47.4 Å². The molecule has 8 atom stereocenters. The van der Waals surface area contributed by atoms with E-state index < -0.39 is 60.8 Å². The van der Waals surface area contributed by atoms with Crippen molar-refractivity contribution in [3.63, 3.8) is 0 Å². The fraction of sp³-hybridized carbons (Fsp3) is 0.370. The lowest BCUT2D eigenvalue weighted by Crippen LogP contribution is -2.39. The van der Waals surface area contributed by atoms with Crippen LogP contribution in [-0.2, 0) is 73.8 Å². The van der Waals surface area contributed by atoms with E-state index in [2.05, 4.69) is 115 Å². The van der Waals surface area contributed by atoms with Crippen LogP contribution in [0.4, 0.5) is 5.69 Å². The summed E-state index contributed by atoms with van der Waals surface area (Å²) in [7, 11) is 0. The van der Waals surface area contributed by atoms with E-state index in [0.717, 1.165) is 22.3 Å². The number of hydrogen-bond donors (Lipinski definition) is 1. The molecule has 2 N–H and O–H groups in total. The molecule has 0 aliphatic carbocycles.